The average Bonchev–Trinajstić information content (AvgIpc) is 2.90. The van der Waals surface area contributed by atoms with E-state index >= 15 is 0 Å². The van der Waals surface area contributed by atoms with Crippen LogP contribution in [0.25, 0.3) is 0 Å². The van der Waals surface area contributed by atoms with Crippen molar-refractivity contribution in [2.75, 3.05) is 32.8 Å². The van der Waals surface area contributed by atoms with Crippen LogP contribution in [0.4, 0.5) is 0 Å². The first-order valence-electron chi connectivity index (χ1n) is 8.27. The van der Waals surface area contributed by atoms with Crippen molar-refractivity contribution < 1.29 is 14.7 Å². The SMILES string of the molecule is CCCC1(CO)CCCN(C(=O)CCN2CCCC2=O)C1. The third-order valence-corrected chi connectivity index (χ3v) is 4.90. The summed E-state index contributed by atoms with van der Waals surface area (Å²) in [6.45, 7) is 5.09. The molecule has 0 aromatic carbocycles. The highest BCUT2D eigenvalue weighted by Crippen LogP contribution is 2.34. The van der Waals surface area contributed by atoms with Crippen LogP contribution in [0.5, 0.6) is 0 Å². The molecule has 5 heteroatoms. The number of amides is 2. The van der Waals surface area contributed by atoms with E-state index < -0.39 is 0 Å². The summed E-state index contributed by atoms with van der Waals surface area (Å²) in [6.07, 6.45) is 5.94. The molecule has 2 saturated heterocycles. The summed E-state index contributed by atoms with van der Waals surface area (Å²) in [5.41, 5.74) is -0.105. The molecule has 0 aromatic heterocycles. The minimum atomic E-state index is -0.105. The Morgan fingerprint density at radius 2 is 2.14 bits per heavy atom. The molecular weight excluding hydrogens is 268 g/mol. The van der Waals surface area contributed by atoms with E-state index in [1.54, 1.807) is 4.90 Å². The second-order valence-corrected chi connectivity index (χ2v) is 6.56. The summed E-state index contributed by atoms with van der Waals surface area (Å²) in [6, 6.07) is 0. The molecule has 0 radical (unpaired) electrons. The number of nitrogens with zero attached hydrogens (tertiary/aromatic N) is 2. The van der Waals surface area contributed by atoms with E-state index in [9.17, 15) is 14.7 Å². The van der Waals surface area contributed by atoms with Gasteiger partial charge in [-0.05, 0) is 25.7 Å². The highest BCUT2D eigenvalue weighted by molar-refractivity contribution is 5.80. The Kier molecular flexibility index (Phi) is 5.62. The smallest absolute Gasteiger partial charge is 0.224 e. The summed E-state index contributed by atoms with van der Waals surface area (Å²) in [4.78, 5) is 27.6. The number of aliphatic hydroxyl groups excluding tert-OH is 1. The van der Waals surface area contributed by atoms with Gasteiger partial charge in [0.15, 0.2) is 0 Å². The summed E-state index contributed by atoms with van der Waals surface area (Å²) in [5.74, 6) is 0.306. The number of likely N-dealkylation sites (tertiary alicyclic amines) is 2. The van der Waals surface area contributed by atoms with Crippen molar-refractivity contribution in [2.24, 2.45) is 5.41 Å². The fourth-order valence-electron chi connectivity index (χ4n) is 3.69. The lowest BCUT2D eigenvalue weighted by Gasteiger charge is -2.42. The molecule has 2 heterocycles. The van der Waals surface area contributed by atoms with Gasteiger partial charge in [0.25, 0.3) is 0 Å². The highest BCUT2D eigenvalue weighted by atomic mass is 16.3. The maximum Gasteiger partial charge on any atom is 0.224 e. The number of carbonyl (C=O) groups is 2. The van der Waals surface area contributed by atoms with E-state index in [1.807, 2.05) is 4.90 Å². The second kappa shape index (κ2) is 7.25. The van der Waals surface area contributed by atoms with Crippen molar-refractivity contribution in [3.05, 3.63) is 0 Å². The second-order valence-electron chi connectivity index (χ2n) is 6.56. The molecule has 5 nitrogen and oxygen atoms in total. The van der Waals surface area contributed by atoms with Gasteiger partial charge in [0.2, 0.25) is 11.8 Å². The average molecular weight is 296 g/mol. The summed E-state index contributed by atoms with van der Waals surface area (Å²) < 4.78 is 0. The van der Waals surface area contributed by atoms with E-state index in [1.165, 1.54) is 0 Å². The van der Waals surface area contributed by atoms with Gasteiger partial charge < -0.3 is 14.9 Å². The molecule has 0 aromatic rings. The minimum Gasteiger partial charge on any atom is -0.396 e. The summed E-state index contributed by atoms with van der Waals surface area (Å²) in [5, 5.41) is 9.72. The zero-order valence-corrected chi connectivity index (χ0v) is 13.1. The molecule has 120 valence electrons. The first-order chi connectivity index (χ1) is 10.1. The third-order valence-electron chi connectivity index (χ3n) is 4.90. The molecule has 1 atom stereocenters. The molecule has 0 bridgehead atoms. The van der Waals surface area contributed by atoms with Gasteiger partial charge >= 0.3 is 0 Å². The lowest BCUT2D eigenvalue weighted by molar-refractivity contribution is -0.136. The first kappa shape index (κ1) is 16.3. The topological polar surface area (TPSA) is 60.9 Å². The van der Waals surface area contributed by atoms with E-state index in [4.69, 9.17) is 0 Å². The molecule has 2 rings (SSSR count). The van der Waals surface area contributed by atoms with Gasteiger partial charge in [0.05, 0.1) is 6.61 Å². The van der Waals surface area contributed by atoms with Crippen LogP contribution in [0, 0.1) is 5.41 Å². The molecule has 2 fully saturated rings. The summed E-state index contributed by atoms with van der Waals surface area (Å²) in [7, 11) is 0. The Balaban J connectivity index is 1.85. The zero-order valence-electron chi connectivity index (χ0n) is 13.1. The van der Waals surface area contributed by atoms with Gasteiger partial charge in [-0.1, -0.05) is 13.3 Å². The van der Waals surface area contributed by atoms with Crippen molar-refractivity contribution in [2.45, 2.75) is 51.9 Å². The Bertz CT molecular complexity index is 382. The lowest BCUT2D eigenvalue weighted by Crippen LogP contribution is -2.48. The number of piperidine rings is 1. The Hall–Kier alpha value is -1.10. The molecule has 2 aliphatic heterocycles. The zero-order chi connectivity index (χ0) is 15.3. The van der Waals surface area contributed by atoms with Crippen LogP contribution in [0.15, 0.2) is 0 Å². The van der Waals surface area contributed by atoms with E-state index in [-0.39, 0.29) is 23.8 Å². The van der Waals surface area contributed by atoms with Crippen molar-refractivity contribution in [3.63, 3.8) is 0 Å². The highest BCUT2D eigenvalue weighted by Gasteiger charge is 2.36. The predicted molar refractivity (Wildman–Crippen MR) is 80.7 cm³/mol. The minimum absolute atomic E-state index is 0.105. The quantitative estimate of drug-likeness (QED) is 0.806. The molecule has 0 spiro atoms. The molecule has 0 saturated carbocycles. The van der Waals surface area contributed by atoms with Crippen molar-refractivity contribution in [1.82, 2.24) is 9.80 Å². The van der Waals surface area contributed by atoms with Crippen molar-refractivity contribution >= 4 is 11.8 Å². The standard InChI is InChI=1S/C16H28N2O3/c1-2-7-16(13-19)8-4-10-18(12-16)15(21)6-11-17-9-3-5-14(17)20/h19H,2-13H2,1H3. The molecule has 0 aliphatic carbocycles. The predicted octanol–water partition coefficient (Wildman–Crippen LogP) is 1.40. The number of aliphatic hydroxyl groups is 1. The number of hydrogen-bond donors (Lipinski definition) is 1. The van der Waals surface area contributed by atoms with Gasteiger partial charge in [-0.2, -0.15) is 0 Å². The van der Waals surface area contributed by atoms with E-state index in [0.29, 0.717) is 25.9 Å². The van der Waals surface area contributed by atoms with Gasteiger partial charge in [-0.3, -0.25) is 9.59 Å². The molecule has 2 amide bonds. The monoisotopic (exact) mass is 296 g/mol. The Morgan fingerprint density at radius 1 is 1.33 bits per heavy atom. The molecule has 2 aliphatic rings. The van der Waals surface area contributed by atoms with Crippen LogP contribution in [-0.2, 0) is 9.59 Å². The van der Waals surface area contributed by atoms with Crippen LogP contribution in [0.2, 0.25) is 0 Å². The Labute approximate surface area is 127 Å². The third kappa shape index (κ3) is 3.96. The van der Waals surface area contributed by atoms with Gasteiger partial charge in [0.1, 0.15) is 0 Å². The first-order valence-corrected chi connectivity index (χ1v) is 8.27. The van der Waals surface area contributed by atoms with Crippen LogP contribution < -0.4 is 0 Å². The number of hydrogen-bond acceptors (Lipinski definition) is 3. The van der Waals surface area contributed by atoms with Crippen LogP contribution >= 0.6 is 0 Å². The number of rotatable bonds is 6. The lowest BCUT2D eigenvalue weighted by atomic mass is 9.77. The van der Waals surface area contributed by atoms with Crippen LogP contribution in [0.1, 0.15) is 51.9 Å². The van der Waals surface area contributed by atoms with E-state index in [0.717, 1.165) is 45.2 Å². The number of carbonyl (C=O) groups excluding carboxylic acids is 2. The van der Waals surface area contributed by atoms with Crippen LogP contribution in [0.3, 0.4) is 0 Å². The van der Waals surface area contributed by atoms with Crippen molar-refractivity contribution in [1.29, 1.82) is 0 Å². The molecule has 21 heavy (non-hydrogen) atoms. The summed E-state index contributed by atoms with van der Waals surface area (Å²) >= 11 is 0. The molecular formula is C16H28N2O3. The van der Waals surface area contributed by atoms with Gasteiger partial charge in [-0.15, -0.1) is 0 Å². The normalized spacial score (nSPS) is 26.5. The maximum atomic E-state index is 12.4. The Morgan fingerprint density at radius 3 is 2.76 bits per heavy atom. The van der Waals surface area contributed by atoms with Gasteiger partial charge in [0, 0.05) is 44.4 Å². The van der Waals surface area contributed by atoms with Crippen LogP contribution in [-0.4, -0.2) is 59.5 Å². The maximum absolute atomic E-state index is 12.4. The largest absolute Gasteiger partial charge is 0.396 e. The molecule has 1 unspecified atom stereocenters. The molecule has 1 N–H and O–H groups in total. The van der Waals surface area contributed by atoms with E-state index in [2.05, 4.69) is 6.92 Å². The van der Waals surface area contributed by atoms with Crippen molar-refractivity contribution in [3.8, 4) is 0 Å². The fraction of sp³-hybridized carbons (Fsp3) is 0.875. The van der Waals surface area contributed by atoms with Gasteiger partial charge in [-0.25, -0.2) is 0 Å². The fourth-order valence-corrected chi connectivity index (χ4v) is 3.69.